The summed E-state index contributed by atoms with van der Waals surface area (Å²) in [6.45, 7) is 6.73. The zero-order valence-corrected chi connectivity index (χ0v) is 13.7. The summed E-state index contributed by atoms with van der Waals surface area (Å²) in [5.41, 5.74) is 0. The van der Waals surface area contributed by atoms with E-state index < -0.39 is 10.8 Å². The van der Waals surface area contributed by atoms with Crippen molar-refractivity contribution >= 4 is 28.6 Å². The standard InChI is InChI=1S/C13H24N6OS/c1-4-14-11-16-12(15-10(2)9-21(3)20)18-13(17-11)19-7-5-6-8-19/h10H,4-9H2,1-3H3,(H2,14,15,16,17,18). The molecule has 0 amide bonds. The van der Waals surface area contributed by atoms with Gasteiger partial charge in [0.05, 0.1) is 0 Å². The Morgan fingerprint density at radius 2 is 1.90 bits per heavy atom. The molecule has 1 aliphatic rings. The average molecular weight is 312 g/mol. The molecule has 21 heavy (non-hydrogen) atoms. The summed E-state index contributed by atoms with van der Waals surface area (Å²) in [5.74, 6) is 2.41. The molecule has 1 aromatic heterocycles. The van der Waals surface area contributed by atoms with Crippen LogP contribution >= 0.6 is 0 Å². The molecule has 2 N–H and O–H groups in total. The van der Waals surface area contributed by atoms with Gasteiger partial charge in [-0.25, -0.2) is 0 Å². The molecule has 0 saturated carbocycles. The summed E-state index contributed by atoms with van der Waals surface area (Å²) in [4.78, 5) is 15.5. The van der Waals surface area contributed by atoms with Gasteiger partial charge in [0.25, 0.3) is 0 Å². The molecule has 1 aliphatic heterocycles. The summed E-state index contributed by atoms with van der Waals surface area (Å²) in [7, 11) is -0.845. The van der Waals surface area contributed by atoms with Crippen LogP contribution in [0.4, 0.5) is 17.8 Å². The Labute approximate surface area is 128 Å². The van der Waals surface area contributed by atoms with E-state index in [0.717, 1.165) is 19.6 Å². The number of anilines is 3. The van der Waals surface area contributed by atoms with Crippen molar-refractivity contribution in [1.29, 1.82) is 0 Å². The third-order valence-electron chi connectivity index (χ3n) is 3.21. The van der Waals surface area contributed by atoms with Gasteiger partial charge in [0.2, 0.25) is 17.8 Å². The lowest BCUT2D eigenvalue weighted by molar-refractivity contribution is 0.682. The van der Waals surface area contributed by atoms with Gasteiger partial charge in [0.15, 0.2) is 0 Å². The molecule has 1 saturated heterocycles. The Hall–Kier alpha value is -1.44. The number of rotatable bonds is 7. The van der Waals surface area contributed by atoms with E-state index in [9.17, 15) is 4.21 Å². The molecular weight excluding hydrogens is 288 g/mol. The van der Waals surface area contributed by atoms with Crippen molar-refractivity contribution in [3.63, 3.8) is 0 Å². The lowest BCUT2D eigenvalue weighted by Gasteiger charge is -2.18. The first kappa shape index (κ1) is 15.9. The number of nitrogens with one attached hydrogen (secondary N) is 2. The summed E-state index contributed by atoms with van der Waals surface area (Å²) in [6.07, 6.45) is 4.05. The van der Waals surface area contributed by atoms with E-state index in [1.807, 2.05) is 13.8 Å². The summed E-state index contributed by atoms with van der Waals surface area (Å²) in [6, 6.07) is 0.0548. The zero-order chi connectivity index (χ0) is 15.2. The fourth-order valence-electron chi connectivity index (χ4n) is 2.34. The first-order valence-corrected chi connectivity index (χ1v) is 9.12. The van der Waals surface area contributed by atoms with Crippen LogP contribution < -0.4 is 15.5 Å². The summed E-state index contributed by atoms with van der Waals surface area (Å²) in [5, 5.41) is 6.35. The SMILES string of the molecule is CCNc1nc(NC(C)CS(C)=O)nc(N2CCCC2)n1. The zero-order valence-electron chi connectivity index (χ0n) is 12.9. The van der Waals surface area contributed by atoms with Crippen LogP contribution in [0.1, 0.15) is 26.7 Å². The number of hydrogen-bond acceptors (Lipinski definition) is 7. The molecule has 0 radical (unpaired) electrons. The predicted octanol–water partition coefficient (Wildman–Crippen LogP) is 1.08. The lowest BCUT2D eigenvalue weighted by atomic mass is 10.4. The quantitative estimate of drug-likeness (QED) is 0.779. The number of nitrogens with zero attached hydrogens (tertiary/aromatic N) is 4. The fraction of sp³-hybridized carbons (Fsp3) is 0.769. The molecular formula is C13H24N6OS. The van der Waals surface area contributed by atoms with Crippen molar-refractivity contribution in [2.24, 2.45) is 0 Å². The highest BCUT2D eigenvalue weighted by atomic mass is 32.2. The first-order valence-electron chi connectivity index (χ1n) is 7.40. The molecule has 7 nitrogen and oxygen atoms in total. The van der Waals surface area contributed by atoms with Gasteiger partial charge in [-0.1, -0.05) is 0 Å². The van der Waals surface area contributed by atoms with Crippen LogP contribution in [0.15, 0.2) is 0 Å². The van der Waals surface area contributed by atoms with Gasteiger partial charge in [0, 0.05) is 48.5 Å². The van der Waals surface area contributed by atoms with Gasteiger partial charge in [0.1, 0.15) is 0 Å². The maximum absolute atomic E-state index is 11.3. The molecule has 0 spiro atoms. The number of aromatic nitrogens is 3. The highest BCUT2D eigenvalue weighted by Gasteiger charge is 2.18. The van der Waals surface area contributed by atoms with E-state index in [1.165, 1.54) is 12.8 Å². The number of hydrogen-bond donors (Lipinski definition) is 2. The Morgan fingerprint density at radius 1 is 1.24 bits per heavy atom. The second-order valence-electron chi connectivity index (χ2n) is 5.29. The molecule has 2 heterocycles. The van der Waals surface area contributed by atoms with Crippen LogP contribution in [0.3, 0.4) is 0 Å². The van der Waals surface area contributed by atoms with Crippen LogP contribution in [0, 0.1) is 0 Å². The van der Waals surface area contributed by atoms with E-state index in [1.54, 1.807) is 6.26 Å². The Balaban J connectivity index is 2.16. The second-order valence-corrected chi connectivity index (χ2v) is 6.77. The third-order valence-corrected chi connectivity index (χ3v) is 4.18. The van der Waals surface area contributed by atoms with Crippen LogP contribution in [0.25, 0.3) is 0 Å². The maximum Gasteiger partial charge on any atom is 0.231 e. The van der Waals surface area contributed by atoms with E-state index in [-0.39, 0.29) is 6.04 Å². The van der Waals surface area contributed by atoms with Crippen LogP contribution in [-0.4, -0.2) is 56.8 Å². The smallest absolute Gasteiger partial charge is 0.231 e. The molecule has 2 unspecified atom stereocenters. The van der Waals surface area contributed by atoms with Gasteiger partial charge in [-0.15, -0.1) is 0 Å². The Bertz CT molecular complexity index is 492. The van der Waals surface area contributed by atoms with Gasteiger partial charge in [-0.05, 0) is 26.7 Å². The molecule has 118 valence electrons. The second kappa shape index (κ2) is 7.53. The van der Waals surface area contributed by atoms with E-state index in [0.29, 0.717) is 23.6 Å². The first-order chi connectivity index (χ1) is 10.1. The minimum Gasteiger partial charge on any atom is -0.354 e. The minimum atomic E-state index is -0.845. The van der Waals surface area contributed by atoms with E-state index >= 15 is 0 Å². The van der Waals surface area contributed by atoms with Gasteiger partial charge in [-0.2, -0.15) is 15.0 Å². The van der Waals surface area contributed by atoms with Crippen LogP contribution in [0.5, 0.6) is 0 Å². The van der Waals surface area contributed by atoms with Crippen LogP contribution in [-0.2, 0) is 10.8 Å². The Morgan fingerprint density at radius 3 is 2.52 bits per heavy atom. The van der Waals surface area contributed by atoms with Crippen molar-refractivity contribution < 1.29 is 4.21 Å². The third kappa shape index (κ3) is 4.80. The van der Waals surface area contributed by atoms with E-state index in [2.05, 4.69) is 30.5 Å². The maximum atomic E-state index is 11.3. The largest absolute Gasteiger partial charge is 0.354 e. The highest BCUT2D eigenvalue weighted by molar-refractivity contribution is 7.84. The van der Waals surface area contributed by atoms with Crippen molar-refractivity contribution in [2.45, 2.75) is 32.7 Å². The average Bonchev–Trinajstić information content (AvgIpc) is 2.91. The van der Waals surface area contributed by atoms with Crippen LogP contribution in [0.2, 0.25) is 0 Å². The fourth-order valence-corrected chi connectivity index (χ4v) is 3.13. The van der Waals surface area contributed by atoms with E-state index in [4.69, 9.17) is 0 Å². The monoisotopic (exact) mass is 312 g/mol. The topological polar surface area (TPSA) is 83.0 Å². The van der Waals surface area contributed by atoms with Gasteiger partial charge in [-0.3, -0.25) is 4.21 Å². The molecule has 0 aromatic carbocycles. The van der Waals surface area contributed by atoms with Gasteiger partial charge < -0.3 is 15.5 Å². The highest BCUT2D eigenvalue weighted by Crippen LogP contribution is 2.18. The molecule has 1 aromatic rings. The molecule has 8 heteroatoms. The minimum absolute atomic E-state index is 0.0548. The summed E-state index contributed by atoms with van der Waals surface area (Å²) < 4.78 is 11.3. The molecule has 0 aliphatic carbocycles. The van der Waals surface area contributed by atoms with Crippen molar-refractivity contribution in [3.05, 3.63) is 0 Å². The van der Waals surface area contributed by atoms with Crippen molar-refractivity contribution in [3.8, 4) is 0 Å². The molecule has 2 atom stereocenters. The normalized spacial score (nSPS) is 17.6. The predicted molar refractivity (Wildman–Crippen MR) is 87.5 cm³/mol. The van der Waals surface area contributed by atoms with Crippen molar-refractivity contribution in [1.82, 2.24) is 15.0 Å². The Kier molecular flexibility index (Phi) is 5.72. The summed E-state index contributed by atoms with van der Waals surface area (Å²) >= 11 is 0. The van der Waals surface area contributed by atoms with Crippen molar-refractivity contribution in [2.75, 3.05) is 47.2 Å². The van der Waals surface area contributed by atoms with Gasteiger partial charge >= 0.3 is 0 Å². The molecule has 1 fully saturated rings. The molecule has 0 bridgehead atoms. The molecule has 2 rings (SSSR count). The lowest BCUT2D eigenvalue weighted by Crippen LogP contribution is -2.26.